The topological polar surface area (TPSA) is 98.7 Å². The van der Waals surface area contributed by atoms with Crippen LogP contribution in [-0.2, 0) is 4.79 Å². The van der Waals surface area contributed by atoms with Gasteiger partial charge in [0.1, 0.15) is 5.75 Å². The molecule has 0 spiro atoms. The molecule has 6 heteroatoms. The molecule has 6 nitrogen and oxygen atoms in total. The Morgan fingerprint density at radius 3 is 2.74 bits per heavy atom. The lowest BCUT2D eigenvalue weighted by atomic mass is 9.94. The molecule has 1 aliphatic heterocycles. The summed E-state index contributed by atoms with van der Waals surface area (Å²) in [5.41, 5.74) is 0.996. The summed E-state index contributed by atoms with van der Waals surface area (Å²) in [6.45, 7) is 1.77. The minimum atomic E-state index is -1.10. The number of benzene rings is 1. The number of allylic oxidation sites excluding steroid dienone is 1. The number of amides is 2. The number of hydrogen-bond donors (Lipinski definition) is 4. The number of aromatic hydroxyl groups is 1. The molecule has 0 fully saturated rings. The Labute approximate surface area is 109 Å². The maximum absolute atomic E-state index is 11.6. The van der Waals surface area contributed by atoms with Gasteiger partial charge in [0.25, 0.3) is 0 Å². The van der Waals surface area contributed by atoms with Crippen LogP contribution < -0.4 is 10.6 Å². The average Bonchev–Trinajstić information content (AvgIpc) is 2.37. The SMILES string of the molecule is CCC1=C(C(=O)O)[C@H](c2cccc(O)c2)NC(=O)N1. The second kappa shape index (κ2) is 5.01. The van der Waals surface area contributed by atoms with Crippen molar-refractivity contribution in [3.63, 3.8) is 0 Å². The van der Waals surface area contributed by atoms with Crippen LogP contribution in [-0.4, -0.2) is 22.2 Å². The van der Waals surface area contributed by atoms with Crippen molar-refractivity contribution in [3.8, 4) is 5.75 Å². The summed E-state index contributed by atoms with van der Waals surface area (Å²) in [4.78, 5) is 22.9. The zero-order valence-corrected chi connectivity index (χ0v) is 10.3. The summed E-state index contributed by atoms with van der Waals surface area (Å²) in [5.74, 6) is -1.08. The van der Waals surface area contributed by atoms with Gasteiger partial charge in [-0.05, 0) is 24.1 Å². The van der Waals surface area contributed by atoms with Gasteiger partial charge in [-0.15, -0.1) is 0 Å². The second-order valence-electron chi connectivity index (χ2n) is 4.18. The highest BCUT2D eigenvalue weighted by molar-refractivity contribution is 5.93. The van der Waals surface area contributed by atoms with E-state index >= 15 is 0 Å². The summed E-state index contributed by atoms with van der Waals surface area (Å²) in [6, 6.07) is 4.96. The number of urea groups is 1. The molecule has 1 heterocycles. The first kappa shape index (κ1) is 12.9. The minimum Gasteiger partial charge on any atom is -0.508 e. The van der Waals surface area contributed by atoms with Crippen molar-refractivity contribution in [3.05, 3.63) is 41.1 Å². The van der Waals surface area contributed by atoms with Gasteiger partial charge in [0, 0.05) is 5.70 Å². The van der Waals surface area contributed by atoms with Crippen molar-refractivity contribution >= 4 is 12.0 Å². The van der Waals surface area contributed by atoms with E-state index in [2.05, 4.69) is 10.6 Å². The number of phenols is 1. The van der Waals surface area contributed by atoms with Gasteiger partial charge in [-0.2, -0.15) is 0 Å². The first-order valence-corrected chi connectivity index (χ1v) is 5.85. The molecule has 4 N–H and O–H groups in total. The lowest BCUT2D eigenvalue weighted by Crippen LogP contribution is -2.45. The Hall–Kier alpha value is -2.50. The quantitative estimate of drug-likeness (QED) is 0.663. The molecule has 0 aromatic heterocycles. The summed E-state index contributed by atoms with van der Waals surface area (Å²) < 4.78 is 0. The van der Waals surface area contributed by atoms with Crippen LogP contribution in [0.15, 0.2) is 35.5 Å². The number of hydrogen-bond acceptors (Lipinski definition) is 3. The normalized spacial score (nSPS) is 18.8. The molecule has 1 aliphatic rings. The van der Waals surface area contributed by atoms with Gasteiger partial charge < -0.3 is 20.8 Å². The smallest absolute Gasteiger partial charge is 0.335 e. The monoisotopic (exact) mass is 262 g/mol. The summed E-state index contributed by atoms with van der Waals surface area (Å²) in [6.07, 6.45) is 0.407. The molecule has 0 unspecified atom stereocenters. The van der Waals surface area contributed by atoms with E-state index in [1.54, 1.807) is 19.1 Å². The predicted molar refractivity (Wildman–Crippen MR) is 67.5 cm³/mol. The molecule has 1 atom stereocenters. The third-order valence-corrected chi connectivity index (χ3v) is 2.94. The molecular formula is C13H14N2O4. The van der Waals surface area contributed by atoms with E-state index in [1.165, 1.54) is 12.1 Å². The Kier molecular flexibility index (Phi) is 3.41. The van der Waals surface area contributed by atoms with Crippen LogP contribution in [0.2, 0.25) is 0 Å². The van der Waals surface area contributed by atoms with Gasteiger partial charge in [-0.1, -0.05) is 19.1 Å². The molecule has 1 aromatic carbocycles. The zero-order valence-electron chi connectivity index (χ0n) is 10.3. The van der Waals surface area contributed by atoms with Gasteiger partial charge in [-0.25, -0.2) is 9.59 Å². The summed E-state index contributed by atoms with van der Waals surface area (Å²) in [5, 5.41) is 23.8. The predicted octanol–water partition coefficient (Wildman–Crippen LogP) is 1.49. The number of nitrogens with one attached hydrogen (secondary N) is 2. The molecule has 0 saturated carbocycles. The maximum Gasteiger partial charge on any atom is 0.335 e. The first-order valence-electron chi connectivity index (χ1n) is 5.85. The van der Waals surface area contributed by atoms with Crippen molar-refractivity contribution in [1.82, 2.24) is 10.6 Å². The van der Waals surface area contributed by atoms with Crippen LogP contribution in [0.3, 0.4) is 0 Å². The number of carbonyl (C=O) groups excluding carboxylic acids is 1. The van der Waals surface area contributed by atoms with Crippen molar-refractivity contribution < 1.29 is 19.8 Å². The van der Waals surface area contributed by atoms with Gasteiger partial charge >= 0.3 is 12.0 Å². The molecule has 0 saturated heterocycles. The Morgan fingerprint density at radius 1 is 1.42 bits per heavy atom. The van der Waals surface area contributed by atoms with Crippen LogP contribution in [0, 0.1) is 0 Å². The van der Waals surface area contributed by atoms with Crippen LogP contribution >= 0.6 is 0 Å². The third-order valence-electron chi connectivity index (χ3n) is 2.94. The van der Waals surface area contributed by atoms with E-state index < -0.39 is 18.0 Å². The fourth-order valence-electron chi connectivity index (χ4n) is 2.10. The van der Waals surface area contributed by atoms with Crippen LogP contribution in [0.5, 0.6) is 5.75 Å². The maximum atomic E-state index is 11.6. The molecule has 2 rings (SSSR count). The average molecular weight is 262 g/mol. The van der Waals surface area contributed by atoms with Crippen LogP contribution in [0.4, 0.5) is 4.79 Å². The van der Waals surface area contributed by atoms with Gasteiger partial charge in [0.15, 0.2) is 0 Å². The van der Waals surface area contributed by atoms with E-state index in [4.69, 9.17) is 0 Å². The Morgan fingerprint density at radius 2 is 2.16 bits per heavy atom. The zero-order chi connectivity index (χ0) is 14.0. The lowest BCUT2D eigenvalue weighted by molar-refractivity contribution is -0.133. The second-order valence-corrected chi connectivity index (χ2v) is 4.18. The summed E-state index contributed by atoms with van der Waals surface area (Å²) >= 11 is 0. The number of carbonyl (C=O) groups is 2. The van der Waals surface area contributed by atoms with E-state index in [1.807, 2.05) is 0 Å². The van der Waals surface area contributed by atoms with E-state index in [-0.39, 0.29) is 11.3 Å². The highest BCUT2D eigenvalue weighted by Gasteiger charge is 2.31. The van der Waals surface area contributed by atoms with Gasteiger partial charge in [0.2, 0.25) is 0 Å². The van der Waals surface area contributed by atoms with Gasteiger partial charge in [0.05, 0.1) is 11.6 Å². The standard InChI is InChI=1S/C13H14N2O4/c1-2-9-10(12(17)18)11(15-13(19)14-9)7-4-3-5-8(16)6-7/h3-6,11,16H,2H2,1H3,(H,17,18)(H2,14,15,19)/t11-/m0/s1. The van der Waals surface area contributed by atoms with Crippen molar-refractivity contribution in [2.24, 2.45) is 0 Å². The fourth-order valence-corrected chi connectivity index (χ4v) is 2.10. The fraction of sp³-hybridized carbons (Fsp3) is 0.231. The van der Waals surface area contributed by atoms with Gasteiger partial charge in [-0.3, -0.25) is 0 Å². The lowest BCUT2D eigenvalue weighted by Gasteiger charge is -2.28. The van der Waals surface area contributed by atoms with Crippen LogP contribution in [0.25, 0.3) is 0 Å². The largest absolute Gasteiger partial charge is 0.508 e. The van der Waals surface area contributed by atoms with Crippen LogP contribution in [0.1, 0.15) is 24.9 Å². The number of carboxylic acid groups (broad SMARTS) is 1. The van der Waals surface area contributed by atoms with E-state index in [0.29, 0.717) is 17.7 Å². The number of phenolic OH excluding ortho intramolecular Hbond substituents is 1. The highest BCUT2D eigenvalue weighted by atomic mass is 16.4. The number of rotatable bonds is 3. The third kappa shape index (κ3) is 2.52. The van der Waals surface area contributed by atoms with E-state index in [0.717, 1.165) is 0 Å². The molecule has 0 bridgehead atoms. The molecule has 0 radical (unpaired) electrons. The van der Waals surface area contributed by atoms with Crippen molar-refractivity contribution in [1.29, 1.82) is 0 Å². The molecule has 19 heavy (non-hydrogen) atoms. The van der Waals surface area contributed by atoms with Crippen molar-refractivity contribution in [2.45, 2.75) is 19.4 Å². The molecule has 0 aliphatic carbocycles. The van der Waals surface area contributed by atoms with E-state index in [9.17, 15) is 19.8 Å². The molecule has 100 valence electrons. The first-order chi connectivity index (χ1) is 9.02. The highest BCUT2D eigenvalue weighted by Crippen LogP contribution is 2.29. The molecule has 1 aromatic rings. The summed E-state index contributed by atoms with van der Waals surface area (Å²) in [7, 11) is 0. The molecule has 2 amide bonds. The number of aliphatic carboxylic acids is 1. The molecular weight excluding hydrogens is 248 g/mol. The minimum absolute atomic E-state index is 0.0214. The van der Waals surface area contributed by atoms with Crippen molar-refractivity contribution in [2.75, 3.05) is 0 Å². The Balaban J connectivity index is 2.52. The Bertz CT molecular complexity index is 566. The number of carboxylic acids is 1.